The summed E-state index contributed by atoms with van der Waals surface area (Å²) in [5.41, 5.74) is 5.49. The molecule has 2 N–H and O–H groups in total. The first-order valence-corrected chi connectivity index (χ1v) is 6.33. The zero-order valence-corrected chi connectivity index (χ0v) is 10.8. The predicted molar refractivity (Wildman–Crippen MR) is 63.1 cm³/mol. The number of rotatable bonds is 4. The van der Waals surface area contributed by atoms with Crippen molar-refractivity contribution < 1.29 is 13.2 Å². The largest absolute Gasteiger partial charge is 0.451 e. The summed E-state index contributed by atoms with van der Waals surface area (Å²) in [5, 5.41) is 6.91. The molecule has 0 bridgehead atoms. The zero-order chi connectivity index (χ0) is 14.0. The highest BCUT2D eigenvalue weighted by Crippen LogP contribution is 2.29. The van der Waals surface area contributed by atoms with Crippen molar-refractivity contribution in [2.75, 3.05) is 19.6 Å². The highest BCUT2D eigenvalue weighted by molar-refractivity contribution is 5.02. The van der Waals surface area contributed by atoms with Crippen molar-refractivity contribution in [3.05, 3.63) is 11.6 Å². The van der Waals surface area contributed by atoms with Crippen LogP contribution in [0.5, 0.6) is 0 Å². The summed E-state index contributed by atoms with van der Waals surface area (Å²) in [6.07, 6.45) is -3.52. The van der Waals surface area contributed by atoms with Gasteiger partial charge in [0.1, 0.15) is 5.82 Å². The van der Waals surface area contributed by atoms with Crippen molar-refractivity contribution in [2.24, 2.45) is 11.7 Å². The molecule has 19 heavy (non-hydrogen) atoms. The fourth-order valence-electron chi connectivity index (χ4n) is 2.39. The second-order valence-electron chi connectivity index (χ2n) is 5.01. The zero-order valence-electron chi connectivity index (χ0n) is 10.8. The number of hydrogen-bond donors (Lipinski definition) is 1. The molecular formula is C11H18F3N5. The number of alkyl halides is 3. The minimum absolute atomic E-state index is 0.284. The van der Waals surface area contributed by atoms with Gasteiger partial charge in [0.2, 0.25) is 5.82 Å². The number of hydrogen-bond acceptors (Lipinski definition) is 4. The second-order valence-corrected chi connectivity index (χ2v) is 5.01. The van der Waals surface area contributed by atoms with Crippen LogP contribution in [-0.2, 0) is 19.3 Å². The van der Waals surface area contributed by atoms with Crippen molar-refractivity contribution in [1.82, 2.24) is 19.7 Å². The topological polar surface area (TPSA) is 60.0 Å². The van der Waals surface area contributed by atoms with Crippen LogP contribution in [0.4, 0.5) is 13.2 Å². The SMILES string of the molecule is CC(CCN)CN1CCn2c(nnc2C(F)(F)F)C1. The van der Waals surface area contributed by atoms with E-state index in [0.29, 0.717) is 31.4 Å². The van der Waals surface area contributed by atoms with E-state index in [1.165, 1.54) is 4.57 Å². The summed E-state index contributed by atoms with van der Waals surface area (Å²) in [4.78, 5) is 2.10. The summed E-state index contributed by atoms with van der Waals surface area (Å²) in [5.74, 6) is -0.0720. The van der Waals surface area contributed by atoms with Gasteiger partial charge in [-0.1, -0.05) is 6.92 Å². The van der Waals surface area contributed by atoms with Crippen molar-refractivity contribution in [2.45, 2.75) is 32.6 Å². The Bertz CT molecular complexity index is 428. The fraction of sp³-hybridized carbons (Fsp3) is 0.818. The Morgan fingerprint density at radius 1 is 1.32 bits per heavy atom. The lowest BCUT2D eigenvalue weighted by Crippen LogP contribution is -2.38. The van der Waals surface area contributed by atoms with Gasteiger partial charge in [-0.15, -0.1) is 10.2 Å². The average molecular weight is 277 g/mol. The first-order valence-electron chi connectivity index (χ1n) is 6.33. The summed E-state index contributed by atoms with van der Waals surface area (Å²) in [7, 11) is 0. The lowest BCUT2D eigenvalue weighted by molar-refractivity contribution is -0.148. The molecule has 0 saturated heterocycles. The molecule has 0 aliphatic carbocycles. The van der Waals surface area contributed by atoms with Gasteiger partial charge in [0.25, 0.3) is 0 Å². The van der Waals surface area contributed by atoms with E-state index in [4.69, 9.17) is 5.73 Å². The van der Waals surface area contributed by atoms with Gasteiger partial charge in [-0.2, -0.15) is 13.2 Å². The molecule has 108 valence electrons. The van der Waals surface area contributed by atoms with Crippen LogP contribution >= 0.6 is 0 Å². The Morgan fingerprint density at radius 2 is 2.05 bits per heavy atom. The fourth-order valence-corrected chi connectivity index (χ4v) is 2.39. The van der Waals surface area contributed by atoms with E-state index in [2.05, 4.69) is 22.0 Å². The number of fused-ring (bicyclic) bond motifs is 1. The van der Waals surface area contributed by atoms with Crippen molar-refractivity contribution in [3.8, 4) is 0 Å². The van der Waals surface area contributed by atoms with E-state index in [-0.39, 0.29) is 6.54 Å². The Balaban J connectivity index is 2.03. The lowest BCUT2D eigenvalue weighted by atomic mass is 10.1. The van der Waals surface area contributed by atoms with Crippen LogP contribution in [0.1, 0.15) is 25.0 Å². The summed E-state index contributed by atoms with van der Waals surface area (Å²) in [6.45, 7) is 4.83. The third-order valence-corrected chi connectivity index (χ3v) is 3.32. The van der Waals surface area contributed by atoms with Crippen LogP contribution in [0, 0.1) is 5.92 Å². The van der Waals surface area contributed by atoms with Gasteiger partial charge in [-0.05, 0) is 18.9 Å². The lowest BCUT2D eigenvalue weighted by Gasteiger charge is -2.29. The smallest absolute Gasteiger partial charge is 0.330 e. The molecular weight excluding hydrogens is 259 g/mol. The molecule has 5 nitrogen and oxygen atoms in total. The maximum absolute atomic E-state index is 12.7. The standard InChI is InChI=1S/C11H18F3N5/c1-8(2-3-15)6-18-4-5-19-9(7-18)16-17-10(19)11(12,13)14/h8H,2-7,15H2,1H3. The van der Waals surface area contributed by atoms with Crippen LogP contribution in [0.2, 0.25) is 0 Å². The second kappa shape index (κ2) is 5.46. The maximum Gasteiger partial charge on any atom is 0.451 e. The Labute approximate surface area is 109 Å². The van der Waals surface area contributed by atoms with Crippen LogP contribution in [0.15, 0.2) is 0 Å². The van der Waals surface area contributed by atoms with E-state index in [1.807, 2.05) is 0 Å². The first-order chi connectivity index (χ1) is 8.91. The van der Waals surface area contributed by atoms with E-state index in [0.717, 1.165) is 13.0 Å². The van der Waals surface area contributed by atoms with Gasteiger partial charge < -0.3 is 10.3 Å². The predicted octanol–water partition coefficient (Wildman–Crippen LogP) is 1.10. The van der Waals surface area contributed by atoms with Crippen molar-refractivity contribution >= 4 is 0 Å². The van der Waals surface area contributed by atoms with E-state index in [1.54, 1.807) is 0 Å². The third-order valence-electron chi connectivity index (χ3n) is 3.32. The first kappa shape index (κ1) is 14.3. The van der Waals surface area contributed by atoms with Gasteiger partial charge in [0.15, 0.2) is 0 Å². The number of aromatic nitrogens is 3. The van der Waals surface area contributed by atoms with E-state index >= 15 is 0 Å². The van der Waals surface area contributed by atoms with Gasteiger partial charge in [-0.25, -0.2) is 0 Å². The molecule has 0 fully saturated rings. The molecule has 0 spiro atoms. The van der Waals surface area contributed by atoms with Crippen LogP contribution in [0.3, 0.4) is 0 Å². The molecule has 1 unspecified atom stereocenters. The molecule has 1 aromatic rings. The van der Waals surface area contributed by atoms with Gasteiger partial charge >= 0.3 is 6.18 Å². The molecule has 1 aliphatic rings. The monoisotopic (exact) mass is 277 g/mol. The highest BCUT2D eigenvalue weighted by Gasteiger charge is 2.39. The normalized spacial score (nSPS) is 18.4. The number of nitrogens with zero attached hydrogens (tertiary/aromatic N) is 4. The number of halogens is 3. The molecule has 8 heteroatoms. The van der Waals surface area contributed by atoms with Crippen LogP contribution in [0.25, 0.3) is 0 Å². The number of nitrogens with two attached hydrogens (primary N) is 1. The molecule has 0 saturated carbocycles. The van der Waals surface area contributed by atoms with E-state index in [9.17, 15) is 13.2 Å². The Hall–Kier alpha value is -1.15. The summed E-state index contributed by atoms with van der Waals surface area (Å²) in [6, 6.07) is 0. The molecule has 2 heterocycles. The van der Waals surface area contributed by atoms with Crippen molar-refractivity contribution in [1.29, 1.82) is 0 Å². The van der Waals surface area contributed by atoms with Gasteiger partial charge in [0, 0.05) is 19.6 Å². The minimum Gasteiger partial charge on any atom is -0.330 e. The maximum atomic E-state index is 12.7. The molecule has 1 aliphatic heterocycles. The quantitative estimate of drug-likeness (QED) is 0.895. The summed E-state index contributed by atoms with van der Waals surface area (Å²) < 4.78 is 39.2. The Morgan fingerprint density at radius 3 is 2.68 bits per heavy atom. The summed E-state index contributed by atoms with van der Waals surface area (Å²) >= 11 is 0. The van der Waals surface area contributed by atoms with Crippen molar-refractivity contribution in [3.63, 3.8) is 0 Å². The average Bonchev–Trinajstić information content (AvgIpc) is 2.71. The van der Waals surface area contributed by atoms with Crippen LogP contribution in [-0.4, -0.2) is 39.3 Å². The van der Waals surface area contributed by atoms with E-state index < -0.39 is 12.0 Å². The molecule has 1 aromatic heterocycles. The highest BCUT2D eigenvalue weighted by atomic mass is 19.4. The molecule has 0 radical (unpaired) electrons. The van der Waals surface area contributed by atoms with Gasteiger partial charge in [-0.3, -0.25) is 4.90 Å². The van der Waals surface area contributed by atoms with Crippen LogP contribution < -0.4 is 5.73 Å². The molecule has 2 rings (SSSR count). The minimum atomic E-state index is -4.43. The molecule has 0 amide bonds. The molecule has 0 aromatic carbocycles. The van der Waals surface area contributed by atoms with Gasteiger partial charge in [0.05, 0.1) is 6.54 Å². The molecule has 1 atom stereocenters. The third kappa shape index (κ3) is 3.24. The Kier molecular flexibility index (Phi) is 4.10.